The van der Waals surface area contributed by atoms with Gasteiger partial charge in [-0.25, -0.2) is 0 Å². The van der Waals surface area contributed by atoms with Crippen LogP contribution in [0.3, 0.4) is 0 Å². The number of ketones is 2. The first-order valence-electron chi connectivity index (χ1n) is 10.5. The molecule has 1 heterocycles. The second kappa shape index (κ2) is 7.47. The maximum absolute atomic E-state index is 13.3. The number of carbonyl (C=O) groups excluding carboxylic acids is 2. The van der Waals surface area contributed by atoms with Gasteiger partial charge in [-0.15, -0.1) is 0 Å². The lowest BCUT2D eigenvalue weighted by molar-refractivity contribution is -0.184. The van der Waals surface area contributed by atoms with Crippen LogP contribution in [0.15, 0.2) is 36.1 Å². The third-order valence-corrected chi connectivity index (χ3v) is 6.06. The molecule has 30 heavy (non-hydrogen) atoms. The number of rotatable bonds is 4. The van der Waals surface area contributed by atoms with Crippen molar-refractivity contribution in [2.75, 3.05) is 7.11 Å². The number of ether oxygens (including phenoxy) is 2. The Morgan fingerprint density at radius 1 is 1.10 bits per heavy atom. The molecule has 1 atom stereocenters. The van der Waals surface area contributed by atoms with E-state index in [2.05, 4.69) is 6.08 Å². The average molecular weight is 412 g/mol. The third-order valence-electron chi connectivity index (χ3n) is 6.06. The Morgan fingerprint density at radius 2 is 1.70 bits per heavy atom. The van der Waals surface area contributed by atoms with Crippen LogP contribution >= 0.6 is 0 Å². The summed E-state index contributed by atoms with van der Waals surface area (Å²) in [7, 11) is 1.62. The zero-order valence-electron chi connectivity index (χ0n) is 19.1. The van der Waals surface area contributed by atoms with E-state index in [1.54, 1.807) is 34.8 Å². The van der Waals surface area contributed by atoms with Crippen molar-refractivity contribution in [3.63, 3.8) is 0 Å². The van der Waals surface area contributed by atoms with Crippen LogP contribution in [0.25, 0.3) is 5.57 Å². The highest BCUT2D eigenvalue weighted by molar-refractivity contribution is 6.15. The topological polar surface area (TPSA) is 78.6 Å². The summed E-state index contributed by atoms with van der Waals surface area (Å²) >= 11 is 0. The van der Waals surface area contributed by atoms with Crippen molar-refractivity contribution in [3.8, 4) is 0 Å². The number of benzene rings is 1. The zero-order valence-corrected chi connectivity index (χ0v) is 19.1. The molecule has 2 aliphatic rings. The van der Waals surface area contributed by atoms with E-state index in [9.17, 15) is 9.59 Å². The van der Waals surface area contributed by atoms with E-state index in [4.69, 9.17) is 15.2 Å². The molecule has 1 unspecified atom stereocenters. The SMILES string of the molecule is CCc1ccc(C2=CCC(C)(N)C=C2OC)cc1C1C(=O)C(C)(C)OC(C)(C)C1=O. The summed E-state index contributed by atoms with van der Waals surface area (Å²) < 4.78 is 11.5. The standard InChI is InChI=1S/C25H33NO4/c1-8-15-9-10-16(17-11-12-25(6,26)14-19(17)29-7)13-18(15)20-21(27)23(2,3)30-24(4,5)22(20)28/h9-11,13-14,20H,8,12,26H2,1-7H3. The van der Waals surface area contributed by atoms with Crippen LogP contribution in [-0.2, 0) is 25.5 Å². The smallest absolute Gasteiger partial charge is 0.179 e. The van der Waals surface area contributed by atoms with Crippen molar-refractivity contribution in [1.82, 2.24) is 0 Å². The van der Waals surface area contributed by atoms with Gasteiger partial charge in [0.15, 0.2) is 11.6 Å². The Balaban J connectivity index is 2.15. The van der Waals surface area contributed by atoms with E-state index in [0.717, 1.165) is 28.7 Å². The highest BCUT2D eigenvalue weighted by Gasteiger charge is 2.53. The molecule has 5 heteroatoms. The van der Waals surface area contributed by atoms with E-state index < -0.39 is 22.7 Å². The van der Waals surface area contributed by atoms with Gasteiger partial charge in [-0.3, -0.25) is 9.59 Å². The first-order chi connectivity index (χ1) is 13.8. The number of nitrogens with two attached hydrogens (primary N) is 1. The van der Waals surface area contributed by atoms with Gasteiger partial charge in [0.2, 0.25) is 0 Å². The quantitative estimate of drug-likeness (QED) is 0.755. The lowest BCUT2D eigenvalue weighted by Gasteiger charge is -2.43. The van der Waals surface area contributed by atoms with Gasteiger partial charge in [-0.05, 0) is 76.3 Å². The molecule has 0 amide bonds. The van der Waals surface area contributed by atoms with Crippen molar-refractivity contribution in [3.05, 3.63) is 52.8 Å². The van der Waals surface area contributed by atoms with Gasteiger partial charge in [-0.1, -0.05) is 25.1 Å². The van der Waals surface area contributed by atoms with E-state index in [1.807, 2.05) is 38.1 Å². The fourth-order valence-electron chi connectivity index (χ4n) is 4.48. The van der Waals surface area contributed by atoms with E-state index >= 15 is 0 Å². The maximum atomic E-state index is 13.3. The van der Waals surface area contributed by atoms with Crippen LogP contribution in [0.2, 0.25) is 0 Å². The largest absolute Gasteiger partial charge is 0.496 e. The molecule has 0 aromatic heterocycles. The van der Waals surface area contributed by atoms with Gasteiger partial charge in [0, 0.05) is 11.1 Å². The lowest BCUT2D eigenvalue weighted by atomic mass is 9.73. The third kappa shape index (κ3) is 3.88. The second-order valence-electron chi connectivity index (χ2n) is 9.59. The monoisotopic (exact) mass is 411 g/mol. The number of hydrogen-bond donors (Lipinski definition) is 1. The van der Waals surface area contributed by atoms with Gasteiger partial charge in [0.25, 0.3) is 0 Å². The molecular formula is C25H33NO4. The number of aryl methyl sites for hydroxylation is 1. The number of allylic oxidation sites excluding steroid dienone is 1. The van der Waals surface area contributed by atoms with Crippen LogP contribution in [0.5, 0.6) is 0 Å². The van der Waals surface area contributed by atoms with Crippen LogP contribution in [0, 0.1) is 0 Å². The Hall–Kier alpha value is -2.24. The molecule has 0 bridgehead atoms. The minimum Gasteiger partial charge on any atom is -0.496 e. The molecule has 1 aliphatic carbocycles. The molecule has 0 saturated carbocycles. The Labute approximate surface area is 179 Å². The predicted molar refractivity (Wildman–Crippen MR) is 118 cm³/mol. The molecule has 2 N–H and O–H groups in total. The summed E-state index contributed by atoms with van der Waals surface area (Å²) in [6, 6.07) is 5.99. The number of hydrogen-bond acceptors (Lipinski definition) is 5. The van der Waals surface area contributed by atoms with Crippen LogP contribution in [0.1, 0.15) is 70.6 Å². The van der Waals surface area contributed by atoms with Crippen molar-refractivity contribution in [2.24, 2.45) is 5.73 Å². The lowest BCUT2D eigenvalue weighted by Crippen LogP contribution is -2.58. The molecule has 162 valence electrons. The summed E-state index contributed by atoms with van der Waals surface area (Å²) in [5.41, 5.74) is 7.31. The minimum absolute atomic E-state index is 0.201. The normalized spacial score (nSPS) is 26.3. The highest BCUT2D eigenvalue weighted by atomic mass is 16.5. The molecule has 1 aliphatic heterocycles. The summed E-state index contributed by atoms with van der Waals surface area (Å²) in [4.78, 5) is 26.6. The molecule has 1 fully saturated rings. The molecule has 1 aromatic carbocycles. The summed E-state index contributed by atoms with van der Waals surface area (Å²) in [6.07, 6.45) is 5.38. The molecule has 0 spiro atoms. The molecule has 1 aromatic rings. The van der Waals surface area contributed by atoms with Gasteiger partial charge in [-0.2, -0.15) is 0 Å². The molecule has 5 nitrogen and oxygen atoms in total. The predicted octanol–water partition coefficient (Wildman–Crippen LogP) is 4.09. The summed E-state index contributed by atoms with van der Waals surface area (Å²) in [5.74, 6) is -0.550. The average Bonchev–Trinajstić information content (AvgIpc) is 2.65. The van der Waals surface area contributed by atoms with Crippen LogP contribution in [0.4, 0.5) is 0 Å². The first-order valence-corrected chi connectivity index (χ1v) is 10.5. The van der Waals surface area contributed by atoms with Crippen molar-refractivity contribution in [2.45, 2.75) is 77.0 Å². The van der Waals surface area contributed by atoms with Crippen LogP contribution in [-0.4, -0.2) is 35.4 Å². The summed E-state index contributed by atoms with van der Waals surface area (Å²) in [5, 5.41) is 0. The zero-order chi connectivity index (χ0) is 22.5. The van der Waals surface area contributed by atoms with Gasteiger partial charge >= 0.3 is 0 Å². The summed E-state index contributed by atoms with van der Waals surface area (Å²) in [6.45, 7) is 10.9. The number of Topliss-reactive ketones (excluding diaryl/α,β-unsaturated/α-hetero) is 2. The van der Waals surface area contributed by atoms with Crippen LogP contribution < -0.4 is 5.73 Å². The fraction of sp³-hybridized carbons (Fsp3) is 0.520. The molecule has 0 radical (unpaired) electrons. The Bertz CT molecular complexity index is 924. The number of carbonyl (C=O) groups is 2. The van der Waals surface area contributed by atoms with Crippen molar-refractivity contribution < 1.29 is 19.1 Å². The van der Waals surface area contributed by atoms with Crippen molar-refractivity contribution in [1.29, 1.82) is 0 Å². The van der Waals surface area contributed by atoms with Crippen molar-refractivity contribution >= 4 is 17.1 Å². The van der Waals surface area contributed by atoms with Gasteiger partial charge in [0.1, 0.15) is 22.9 Å². The number of methoxy groups -OCH3 is 1. The molecule has 1 saturated heterocycles. The fourth-order valence-corrected chi connectivity index (χ4v) is 4.48. The Kier molecular flexibility index (Phi) is 5.59. The second-order valence-corrected chi connectivity index (χ2v) is 9.59. The Morgan fingerprint density at radius 3 is 2.23 bits per heavy atom. The first kappa shape index (κ1) is 22.4. The minimum atomic E-state index is -1.04. The maximum Gasteiger partial charge on any atom is 0.179 e. The van der Waals surface area contributed by atoms with Gasteiger partial charge < -0.3 is 15.2 Å². The van der Waals surface area contributed by atoms with E-state index in [0.29, 0.717) is 12.2 Å². The van der Waals surface area contributed by atoms with E-state index in [1.165, 1.54) is 0 Å². The highest BCUT2D eigenvalue weighted by Crippen LogP contribution is 2.41. The van der Waals surface area contributed by atoms with E-state index in [-0.39, 0.29) is 11.6 Å². The van der Waals surface area contributed by atoms with Gasteiger partial charge in [0.05, 0.1) is 7.11 Å². The molecular weight excluding hydrogens is 378 g/mol. The molecule has 3 rings (SSSR count).